The average molecular weight is 318 g/mol. The Balaban J connectivity index is 1.61. The van der Waals surface area contributed by atoms with Crippen molar-refractivity contribution in [2.75, 3.05) is 13.4 Å². The number of aryl methyl sites for hydroxylation is 1. The third-order valence-electron chi connectivity index (χ3n) is 3.23. The average Bonchev–Trinajstić information content (AvgIpc) is 3.19. The number of Topliss-reactive ketones (excluding diaryl/α,β-unsaturated/α-hetero) is 1. The van der Waals surface area contributed by atoms with Crippen molar-refractivity contribution in [1.82, 2.24) is 0 Å². The Bertz CT molecular complexity index is 719. The molecule has 5 nitrogen and oxygen atoms in total. The molecule has 0 unspecified atom stereocenters. The van der Waals surface area contributed by atoms with Crippen molar-refractivity contribution in [2.45, 2.75) is 13.3 Å². The van der Waals surface area contributed by atoms with Crippen LogP contribution in [0.4, 0.5) is 0 Å². The van der Waals surface area contributed by atoms with Gasteiger partial charge in [0.15, 0.2) is 18.1 Å². The highest BCUT2D eigenvalue weighted by molar-refractivity contribution is 7.14. The van der Waals surface area contributed by atoms with Crippen LogP contribution in [0.25, 0.3) is 0 Å². The highest BCUT2D eigenvalue weighted by Gasteiger charge is 2.18. The van der Waals surface area contributed by atoms with E-state index in [1.807, 2.05) is 13.0 Å². The number of ether oxygens (including phenoxy) is 3. The second-order valence-electron chi connectivity index (χ2n) is 4.69. The van der Waals surface area contributed by atoms with E-state index in [4.69, 9.17) is 14.2 Å². The number of esters is 1. The van der Waals surface area contributed by atoms with E-state index in [0.717, 1.165) is 11.3 Å². The third-order valence-corrected chi connectivity index (χ3v) is 4.50. The van der Waals surface area contributed by atoms with E-state index in [1.165, 1.54) is 11.3 Å². The Morgan fingerprint density at radius 2 is 2.00 bits per heavy atom. The van der Waals surface area contributed by atoms with Crippen LogP contribution in [0, 0.1) is 0 Å². The minimum absolute atomic E-state index is 0.143. The first-order valence-corrected chi connectivity index (χ1v) is 7.67. The topological polar surface area (TPSA) is 61.8 Å². The van der Waals surface area contributed by atoms with Crippen LogP contribution in [0.2, 0.25) is 0 Å². The summed E-state index contributed by atoms with van der Waals surface area (Å²) in [7, 11) is 0. The van der Waals surface area contributed by atoms with Crippen molar-refractivity contribution >= 4 is 23.1 Å². The van der Waals surface area contributed by atoms with Gasteiger partial charge in [0.1, 0.15) is 0 Å². The predicted octanol–water partition coefficient (Wildman–Crippen LogP) is 3.08. The molecule has 3 rings (SSSR count). The van der Waals surface area contributed by atoms with Crippen LogP contribution in [0.15, 0.2) is 30.3 Å². The van der Waals surface area contributed by atoms with Crippen LogP contribution in [0.5, 0.6) is 11.5 Å². The third kappa shape index (κ3) is 2.96. The zero-order valence-electron chi connectivity index (χ0n) is 12.0. The molecule has 2 heterocycles. The highest BCUT2D eigenvalue weighted by Crippen LogP contribution is 2.32. The summed E-state index contributed by atoms with van der Waals surface area (Å²) in [6.45, 7) is 1.90. The fraction of sp³-hybridized carbons (Fsp3) is 0.250. The summed E-state index contributed by atoms with van der Waals surface area (Å²) in [4.78, 5) is 25.7. The molecule has 0 atom stereocenters. The van der Waals surface area contributed by atoms with Gasteiger partial charge in [-0.05, 0) is 36.8 Å². The lowest BCUT2D eigenvalue weighted by atomic mass is 10.2. The molecule has 1 aliphatic heterocycles. The van der Waals surface area contributed by atoms with E-state index < -0.39 is 5.97 Å². The maximum absolute atomic E-state index is 12.0. The summed E-state index contributed by atoms with van der Waals surface area (Å²) in [6, 6.07) is 8.46. The standard InChI is InChI=1S/C16H14O5S/c1-2-11-4-6-15(22-11)12(17)8-19-16(18)10-3-5-13-14(7-10)21-9-20-13/h3-7H,2,8-9H2,1H3. The van der Waals surface area contributed by atoms with E-state index in [2.05, 4.69) is 0 Å². The van der Waals surface area contributed by atoms with E-state index in [1.54, 1.807) is 24.3 Å². The Morgan fingerprint density at radius 1 is 1.18 bits per heavy atom. The van der Waals surface area contributed by atoms with Gasteiger partial charge in [-0.25, -0.2) is 4.79 Å². The van der Waals surface area contributed by atoms with E-state index in [-0.39, 0.29) is 19.2 Å². The van der Waals surface area contributed by atoms with Crippen molar-refractivity contribution < 1.29 is 23.8 Å². The number of carbonyl (C=O) groups is 2. The molecule has 2 aromatic rings. The van der Waals surface area contributed by atoms with Gasteiger partial charge in [0.2, 0.25) is 12.6 Å². The van der Waals surface area contributed by atoms with E-state index in [9.17, 15) is 9.59 Å². The Morgan fingerprint density at radius 3 is 2.77 bits per heavy atom. The SMILES string of the molecule is CCc1ccc(C(=O)COC(=O)c2ccc3c(c2)OCO3)s1. The molecule has 6 heteroatoms. The molecule has 0 aliphatic carbocycles. The number of ketones is 1. The number of carbonyl (C=O) groups excluding carboxylic acids is 2. The number of hydrogen-bond acceptors (Lipinski definition) is 6. The molecule has 0 saturated carbocycles. The lowest BCUT2D eigenvalue weighted by Gasteiger charge is -2.04. The zero-order chi connectivity index (χ0) is 15.5. The van der Waals surface area contributed by atoms with Gasteiger partial charge >= 0.3 is 5.97 Å². The minimum Gasteiger partial charge on any atom is -0.454 e. The molecule has 22 heavy (non-hydrogen) atoms. The van der Waals surface area contributed by atoms with Crippen molar-refractivity contribution in [1.29, 1.82) is 0 Å². The molecule has 1 aromatic heterocycles. The van der Waals surface area contributed by atoms with Crippen LogP contribution in [-0.2, 0) is 11.2 Å². The fourth-order valence-corrected chi connectivity index (χ4v) is 2.90. The first kappa shape index (κ1) is 14.6. The van der Waals surface area contributed by atoms with Gasteiger partial charge in [0, 0.05) is 4.88 Å². The maximum atomic E-state index is 12.0. The summed E-state index contributed by atoms with van der Waals surface area (Å²) in [5.41, 5.74) is 0.331. The maximum Gasteiger partial charge on any atom is 0.338 e. The monoisotopic (exact) mass is 318 g/mol. The van der Waals surface area contributed by atoms with Crippen LogP contribution < -0.4 is 9.47 Å². The molecule has 0 amide bonds. The van der Waals surface area contributed by atoms with Crippen molar-refractivity contribution in [2.24, 2.45) is 0 Å². The summed E-state index contributed by atoms with van der Waals surface area (Å²) in [5, 5.41) is 0. The van der Waals surface area contributed by atoms with Crippen molar-refractivity contribution in [3.05, 3.63) is 45.6 Å². The lowest BCUT2D eigenvalue weighted by Crippen LogP contribution is -2.13. The summed E-state index contributed by atoms with van der Waals surface area (Å²) in [5.74, 6) is 0.350. The fourth-order valence-electron chi connectivity index (χ4n) is 2.03. The number of thiophene rings is 1. The molecular weight excluding hydrogens is 304 g/mol. The van der Waals surface area contributed by atoms with E-state index in [0.29, 0.717) is 21.9 Å². The second-order valence-corrected chi connectivity index (χ2v) is 5.86. The van der Waals surface area contributed by atoms with Crippen molar-refractivity contribution in [3.8, 4) is 11.5 Å². The largest absolute Gasteiger partial charge is 0.454 e. The van der Waals surface area contributed by atoms with Crippen LogP contribution >= 0.6 is 11.3 Å². The summed E-state index contributed by atoms with van der Waals surface area (Å²) < 4.78 is 15.4. The van der Waals surface area contributed by atoms with E-state index >= 15 is 0 Å². The molecule has 0 saturated heterocycles. The molecular formula is C16H14O5S. The van der Waals surface area contributed by atoms with Gasteiger partial charge in [-0.2, -0.15) is 0 Å². The van der Waals surface area contributed by atoms with Gasteiger partial charge in [-0.1, -0.05) is 6.92 Å². The minimum atomic E-state index is -0.557. The molecule has 114 valence electrons. The number of hydrogen-bond donors (Lipinski definition) is 0. The molecule has 1 aromatic carbocycles. The molecule has 1 aliphatic rings. The molecule has 0 radical (unpaired) electrons. The molecule has 0 N–H and O–H groups in total. The van der Waals surface area contributed by atoms with Gasteiger partial charge in [-0.3, -0.25) is 4.79 Å². The van der Waals surface area contributed by atoms with Crippen molar-refractivity contribution in [3.63, 3.8) is 0 Å². The highest BCUT2D eigenvalue weighted by atomic mass is 32.1. The Labute approximate surface area is 131 Å². The summed E-state index contributed by atoms with van der Waals surface area (Å²) in [6.07, 6.45) is 0.884. The molecule has 0 spiro atoms. The van der Waals surface area contributed by atoms with Crippen LogP contribution in [-0.4, -0.2) is 25.2 Å². The van der Waals surface area contributed by atoms with Crippen LogP contribution in [0.3, 0.4) is 0 Å². The number of fused-ring (bicyclic) bond motifs is 1. The molecule has 0 bridgehead atoms. The summed E-state index contributed by atoms with van der Waals surface area (Å²) >= 11 is 1.43. The van der Waals surface area contributed by atoms with Gasteiger partial charge in [0.05, 0.1) is 10.4 Å². The van der Waals surface area contributed by atoms with Gasteiger partial charge in [0.25, 0.3) is 0 Å². The number of benzene rings is 1. The van der Waals surface area contributed by atoms with Gasteiger partial charge < -0.3 is 14.2 Å². The Hall–Kier alpha value is -2.34. The smallest absolute Gasteiger partial charge is 0.338 e. The Kier molecular flexibility index (Phi) is 4.11. The van der Waals surface area contributed by atoms with Crippen LogP contribution in [0.1, 0.15) is 31.8 Å². The van der Waals surface area contributed by atoms with Gasteiger partial charge in [-0.15, -0.1) is 11.3 Å². The first-order chi connectivity index (χ1) is 10.7. The zero-order valence-corrected chi connectivity index (χ0v) is 12.8. The lowest BCUT2D eigenvalue weighted by molar-refractivity contribution is 0.0475. The second kappa shape index (κ2) is 6.19. The predicted molar refractivity (Wildman–Crippen MR) is 80.9 cm³/mol. The first-order valence-electron chi connectivity index (χ1n) is 6.86. The quantitative estimate of drug-likeness (QED) is 0.626. The normalized spacial score (nSPS) is 12.2. The molecule has 0 fully saturated rings. The number of rotatable bonds is 5.